The summed E-state index contributed by atoms with van der Waals surface area (Å²) in [6.07, 6.45) is 0. The number of nitro benzene ring substituents is 1. The zero-order chi connectivity index (χ0) is 12.6. The highest BCUT2D eigenvalue weighted by Crippen LogP contribution is 2.21. The molecule has 1 saturated heterocycles. The molecule has 1 N–H and O–H groups in total. The fraction of sp³-hybridized carbons (Fsp3) is 0. The summed E-state index contributed by atoms with van der Waals surface area (Å²) in [6, 6.07) is 5.16. The number of hydrogen-bond donors (Lipinski definition) is 1. The first-order chi connectivity index (χ1) is 8.00. The molecule has 0 aromatic heterocycles. The number of nitrogens with one attached hydrogen (secondary N) is 1. The van der Waals surface area contributed by atoms with Gasteiger partial charge >= 0.3 is 11.8 Å². The van der Waals surface area contributed by atoms with Crippen molar-refractivity contribution in [3.63, 3.8) is 0 Å². The van der Waals surface area contributed by atoms with E-state index in [4.69, 9.17) is 12.2 Å². The minimum absolute atomic E-state index is 0.0335. The van der Waals surface area contributed by atoms with Gasteiger partial charge < -0.3 is 0 Å². The van der Waals surface area contributed by atoms with Crippen LogP contribution in [0.4, 0.5) is 11.4 Å². The molecular formula is C9H5N3O4S. The van der Waals surface area contributed by atoms with Gasteiger partial charge in [-0.05, 0) is 24.4 Å². The minimum Gasteiger partial charge on any atom is -0.294 e. The van der Waals surface area contributed by atoms with Crippen molar-refractivity contribution < 1.29 is 14.5 Å². The smallest absolute Gasteiger partial charge is 0.294 e. The van der Waals surface area contributed by atoms with E-state index in [9.17, 15) is 19.7 Å². The first-order valence-corrected chi connectivity index (χ1v) is 4.85. The molecule has 1 heterocycles. The predicted molar refractivity (Wildman–Crippen MR) is 61.3 cm³/mol. The Morgan fingerprint density at radius 3 is 2.24 bits per heavy atom. The van der Waals surface area contributed by atoms with Crippen molar-refractivity contribution in [3.05, 3.63) is 34.4 Å². The van der Waals surface area contributed by atoms with E-state index in [1.54, 1.807) is 0 Å². The zero-order valence-electron chi connectivity index (χ0n) is 8.25. The van der Waals surface area contributed by atoms with E-state index >= 15 is 0 Å². The third-order valence-corrected chi connectivity index (χ3v) is 2.42. The molecule has 1 aliphatic heterocycles. The quantitative estimate of drug-likeness (QED) is 0.354. The topological polar surface area (TPSA) is 92.6 Å². The van der Waals surface area contributed by atoms with E-state index in [1.165, 1.54) is 24.3 Å². The molecule has 2 amide bonds. The second-order valence-corrected chi connectivity index (χ2v) is 3.56. The van der Waals surface area contributed by atoms with Crippen molar-refractivity contribution in [2.45, 2.75) is 0 Å². The summed E-state index contributed by atoms with van der Waals surface area (Å²) < 4.78 is 0. The molecule has 1 aromatic carbocycles. The average molecular weight is 251 g/mol. The number of carbonyl (C=O) groups excluding carboxylic acids is 2. The van der Waals surface area contributed by atoms with Crippen LogP contribution < -0.4 is 10.2 Å². The van der Waals surface area contributed by atoms with Crippen LogP contribution >= 0.6 is 12.2 Å². The van der Waals surface area contributed by atoms with Gasteiger partial charge in [-0.1, -0.05) is 0 Å². The van der Waals surface area contributed by atoms with Crippen LogP contribution in [0, 0.1) is 10.1 Å². The number of nitrogens with zero attached hydrogens (tertiary/aromatic N) is 2. The Morgan fingerprint density at radius 2 is 1.82 bits per heavy atom. The second kappa shape index (κ2) is 3.91. The molecule has 0 radical (unpaired) electrons. The van der Waals surface area contributed by atoms with Crippen LogP contribution in [0.5, 0.6) is 0 Å². The van der Waals surface area contributed by atoms with Crippen LogP contribution in [-0.2, 0) is 9.59 Å². The number of rotatable bonds is 2. The molecule has 1 aliphatic rings. The SMILES string of the molecule is O=C1NC(=S)N(c2ccc([N+](=O)[O-])cc2)C1=O. The lowest BCUT2D eigenvalue weighted by atomic mass is 10.2. The van der Waals surface area contributed by atoms with Crippen molar-refractivity contribution >= 4 is 40.5 Å². The van der Waals surface area contributed by atoms with Gasteiger partial charge in [-0.3, -0.25) is 25.0 Å². The highest BCUT2D eigenvalue weighted by Gasteiger charge is 2.35. The van der Waals surface area contributed by atoms with Gasteiger partial charge in [0.2, 0.25) is 0 Å². The molecule has 7 nitrogen and oxygen atoms in total. The molecule has 0 spiro atoms. The van der Waals surface area contributed by atoms with Gasteiger partial charge in [0, 0.05) is 12.1 Å². The molecular weight excluding hydrogens is 246 g/mol. The number of amides is 2. The Bertz CT molecular complexity index is 540. The zero-order valence-corrected chi connectivity index (χ0v) is 9.06. The van der Waals surface area contributed by atoms with Crippen molar-refractivity contribution in [1.29, 1.82) is 0 Å². The summed E-state index contributed by atoms with van der Waals surface area (Å²) in [4.78, 5) is 33.3. The molecule has 86 valence electrons. The number of carbonyl (C=O) groups is 2. The maximum atomic E-state index is 11.4. The Labute approximate surface area is 100 Å². The van der Waals surface area contributed by atoms with Crippen LogP contribution in [0.3, 0.4) is 0 Å². The van der Waals surface area contributed by atoms with Crippen LogP contribution in [-0.4, -0.2) is 21.9 Å². The van der Waals surface area contributed by atoms with Crippen LogP contribution in [0.1, 0.15) is 0 Å². The fourth-order valence-corrected chi connectivity index (χ4v) is 1.64. The van der Waals surface area contributed by atoms with E-state index < -0.39 is 16.7 Å². The Morgan fingerprint density at radius 1 is 1.24 bits per heavy atom. The Hall–Kier alpha value is -2.35. The summed E-state index contributed by atoms with van der Waals surface area (Å²) >= 11 is 4.80. The van der Waals surface area contributed by atoms with Crippen molar-refractivity contribution in [2.75, 3.05) is 4.90 Å². The third-order valence-electron chi connectivity index (χ3n) is 2.14. The lowest BCUT2D eigenvalue weighted by Crippen LogP contribution is -2.30. The molecule has 0 unspecified atom stereocenters. The third kappa shape index (κ3) is 1.85. The standard InChI is InChI=1S/C9H5N3O4S/c13-7-8(14)11(9(17)10-7)5-1-3-6(4-2-5)12(15)16/h1-4H,(H,10,13,17). The Kier molecular flexibility index (Phi) is 2.56. The molecule has 2 rings (SSSR count). The molecule has 8 heteroatoms. The maximum absolute atomic E-state index is 11.4. The van der Waals surface area contributed by atoms with Crippen LogP contribution in [0.2, 0.25) is 0 Å². The molecule has 17 heavy (non-hydrogen) atoms. The predicted octanol–water partition coefficient (Wildman–Crippen LogP) is 0.342. The second-order valence-electron chi connectivity index (χ2n) is 3.17. The first-order valence-electron chi connectivity index (χ1n) is 4.44. The number of hydrogen-bond acceptors (Lipinski definition) is 5. The van der Waals surface area contributed by atoms with Gasteiger partial charge in [-0.15, -0.1) is 0 Å². The molecule has 0 bridgehead atoms. The van der Waals surface area contributed by atoms with E-state index in [-0.39, 0.29) is 10.8 Å². The minimum atomic E-state index is -0.812. The molecule has 0 atom stereocenters. The van der Waals surface area contributed by atoms with Gasteiger partial charge in [0.05, 0.1) is 10.6 Å². The van der Waals surface area contributed by atoms with Crippen molar-refractivity contribution in [3.8, 4) is 0 Å². The molecule has 0 aliphatic carbocycles. The summed E-state index contributed by atoms with van der Waals surface area (Å²) in [5.41, 5.74) is 0.203. The lowest BCUT2D eigenvalue weighted by molar-refractivity contribution is -0.384. The maximum Gasteiger partial charge on any atom is 0.323 e. The number of thiocarbonyl (C=S) groups is 1. The van der Waals surface area contributed by atoms with Gasteiger partial charge in [0.25, 0.3) is 5.69 Å². The number of nitro groups is 1. The van der Waals surface area contributed by atoms with Gasteiger partial charge in [-0.2, -0.15) is 0 Å². The van der Waals surface area contributed by atoms with Gasteiger partial charge in [0.15, 0.2) is 5.11 Å². The fourth-order valence-electron chi connectivity index (χ4n) is 1.36. The highest BCUT2D eigenvalue weighted by atomic mass is 32.1. The van der Waals surface area contributed by atoms with Crippen LogP contribution in [0.25, 0.3) is 0 Å². The monoisotopic (exact) mass is 251 g/mol. The van der Waals surface area contributed by atoms with Crippen molar-refractivity contribution in [1.82, 2.24) is 5.32 Å². The Balaban J connectivity index is 2.35. The number of anilines is 1. The molecule has 0 saturated carbocycles. The summed E-state index contributed by atoms with van der Waals surface area (Å²) in [5, 5.41) is 12.6. The summed E-state index contributed by atoms with van der Waals surface area (Å²) in [6.45, 7) is 0. The number of benzene rings is 1. The molecule has 1 aromatic rings. The largest absolute Gasteiger partial charge is 0.323 e. The van der Waals surface area contributed by atoms with Crippen molar-refractivity contribution in [2.24, 2.45) is 0 Å². The van der Waals surface area contributed by atoms with E-state index in [0.29, 0.717) is 5.69 Å². The van der Waals surface area contributed by atoms with Crippen LogP contribution in [0.15, 0.2) is 24.3 Å². The van der Waals surface area contributed by atoms with Gasteiger partial charge in [-0.25, -0.2) is 4.90 Å². The normalized spacial score (nSPS) is 15.1. The van der Waals surface area contributed by atoms with E-state index in [1.807, 2.05) is 0 Å². The number of non-ortho nitro benzene ring substituents is 1. The summed E-state index contributed by atoms with van der Waals surface area (Å²) in [5.74, 6) is -1.61. The average Bonchev–Trinajstić information content (AvgIpc) is 2.53. The highest BCUT2D eigenvalue weighted by molar-refractivity contribution is 7.80. The lowest BCUT2D eigenvalue weighted by Gasteiger charge is -2.12. The molecule has 1 fully saturated rings. The first kappa shape index (κ1) is 11.1. The summed E-state index contributed by atoms with van der Waals surface area (Å²) in [7, 11) is 0. The van der Waals surface area contributed by atoms with E-state index in [0.717, 1.165) is 4.90 Å². The van der Waals surface area contributed by atoms with E-state index in [2.05, 4.69) is 5.32 Å². The van der Waals surface area contributed by atoms with Gasteiger partial charge in [0.1, 0.15) is 0 Å².